The third-order valence-corrected chi connectivity index (χ3v) is 7.29. The van der Waals surface area contributed by atoms with Crippen LogP contribution in [-0.4, -0.2) is 0 Å². The molecule has 4 aromatic carbocycles. The fourth-order valence-electron chi connectivity index (χ4n) is 5.59. The van der Waals surface area contributed by atoms with E-state index in [2.05, 4.69) is 79.7 Å². The summed E-state index contributed by atoms with van der Waals surface area (Å²) < 4.78 is 20.4. The average Bonchev–Trinajstić information content (AvgIpc) is 2.86. The largest absolute Gasteiger partial charge is 0.481 e. The Morgan fingerprint density at radius 1 is 0.824 bits per heavy atom. The predicted molar refractivity (Wildman–Crippen MR) is 135 cm³/mol. The topological polar surface area (TPSA) is 9.23 Å². The van der Waals surface area contributed by atoms with Gasteiger partial charge in [0.2, 0.25) is 0 Å². The van der Waals surface area contributed by atoms with Gasteiger partial charge in [-0.2, -0.15) is 0 Å². The Balaban J connectivity index is 1.60. The van der Waals surface area contributed by atoms with Crippen LogP contribution in [0.1, 0.15) is 36.1 Å². The van der Waals surface area contributed by atoms with Crippen LogP contribution in [0.3, 0.4) is 0 Å². The third-order valence-electron chi connectivity index (χ3n) is 7.29. The third kappa shape index (κ3) is 3.74. The van der Waals surface area contributed by atoms with Crippen LogP contribution in [0.25, 0.3) is 11.6 Å². The van der Waals surface area contributed by atoms with Crippen molar-refractivity contribution in [2.75, 3.05) is 0 Å². The Morgan fingerprint density at radius 3 is 2.47 bits per heavy atom. The lowest BCUT2D eigenvalue weighted by Gasteiger charge is -2.28. The molecule has 0 bridgehead atoms. The summed E-state index contributed by atoms with van der Waals surface area (Å²) in [6.45, 7) is 2.35. The first-order chi connectivity index (χ1) is 16.7. The molecule has 0 heterocycles. The van der Waals surface area contributed by atoms with Crippen molar-refractivity contribution in [3.05, 3.63) is 134 Å². The zero-order valence-corrected chi connectivity index (χ0v) is 19.3. The SMILES string of the molecule is CC1CCc2c3c(ccc2=C1Cc1ccccc1)=c1ccccc1=CC3Oc1cccc(F)c1. The first-order valence-corrected chi connectivity index (χ1v) is 12.1. The maximum atomic E-state index is 13.9. The van der Waals surface area contributed by atoms with Crippen LogP contribution in [0, 0.1) is 22.2 Å². The van der Waals surface area contributed by atoms with Gasteiger partial charge in [-0.3, -0.25) is 0 Å². The van der Waals surface area contributed by atoms with E-state index in [0.717, 1.165) is 24.5 Å². The molecule has 0 saturated carbocycles. The normalized spacial score (nSPS) is 18.4. The summed E-state index contributed by atoms with van der Waals surface area (Å²) in [6.07, 6.45) is 5.05. The van der Waals surface area contributed by atoms with Crippen LogP contribution in [-0.2, 0) is 12.8 Å². The average molecular weight is 447 g/mol. The lowest BCUT2D eigenvalue weighted by molar-refractivity contribution is 0.265. The number of rotatable bonds is 4. The van der Waals surface area contributed by atoms with E-state index in [9.17, 15) is 4.39 Å². The summed E-state index contributed by atoms with van der Waals surface area (Å²) in [5, 5.41) is 4.99. The summed E-state index contributed by atoms with van der Waals surface area (Å²) in [7, 11) is 0. The van der Waals surface area contributed by atoms with Crippen LogP contribution in [0.2, 0.25) is 0 Å². The monoisotopic (exact) mass is 446 g/mol. The highest BCUT2D eigenvalue weighted by molar-refractivity contribution is 5.59. The smallest absolute Gasteiger partial charge is 0.144 e. The van der Waals surface area contributed by atoms with Gasteiger partial charge in [0, 0.05) is 11.6 Å². The van der Waals surface area contributed by atoms with Crippen LogP contribution < -0.4 is 15.2 Å². The van der Waals surface area contributed by atoms with E-state index in [1.165, 1.54) is 50.1 Å². The summed E-state index contributed by atoms with van der Waals surface area (Å²) in [5.41, 5.74) is 5.46. The second-order valence-corrected chi connectivity index (χ2v) is 9.43. The van der Waals surface area contributed by atoms with Gasteiger partial charge < -0.3 is 4.74 Å². The van der Waals surface area contributed by atoms with Gasteiger partial charge in [-0.05, 0) is 75.4 Å². The molecular weight excluding hydrogens is 419 g/mol. The van der Waals surface area contributed by atoms with Crippen molar-refractivity contribution in [3.8, 4) is 5.75 Å². The first kappa shape index (κ1) is 20.9. The van der Waals surface area contributed by atoms with Crippen molar-refractivity contribution in [1.82, 2.24) is 0 Å². The maximum Gasteiger partial charge on any atom is 0.144 e. The maximum absolute atomic E-state index is 13.9. The Labute approximate surface area is 199 Å². The lowest BCUT2D eigenvalue weighted by atomic mass is 9.79. The Hall–Kier alpha value is -3.65. The molecule has 2 atom stereocenters. The van der Waals surface area contributed by atoms with Gasteiger partial charge in [0.25, 0.3) is 0 Å². The van der Waals surface area contributed by atoms with E-state index in [4.69, 9.17) is 4.74 Å². The molecule has 0 spiro atoms. The van der Waals surface area contributed by atoms with Crippen molar-refractivity contribution in [2.24, 2.45) is 5.92 Å². The highest BCUT2D eigenvalue weighted by Gasteiger charge is 2.25. The minimum Gasteiger partial charge on any atom is -0.481 e. The molecule has 2 aliphatic carbocycles. The van der Waals surface area contributed by atoms with E-state index < -0.39 is 0 Å². The minimum atomic E-state index is -0.281. The summed E-state index contributed by atoms with van der Waals surface area (Å²) in [5.74, 6) is 0.811. The van der Waals surface area contributed by atoms with Crippen LogP contribution >= 0.6 is 0 Å². The molecule has 0 N–H and O–H groups in total. The molecule has 0 amide bonds. The fourth-order valence-corrected chi connectivity index (χ4v) is 5.59. The van der Waals surface area contributed by atoms with Gasteiger partial charge in [0.05, 0.1) is 0 Å². The zero-order valence-electron chi connectivity index (χ0n) is 19.3. The molecule has 0 aliphatic heterocycles. The summed E-state index contributed by atoms with van der Waals surface area (Å²) in [6, 6.07) is 30.3. The molecule has 0 aromatic heterocycles. The number of fused-ring (bicyclic) bond motifs is 4. The molecule has 2 heteroatoms. The van der Waals surface area contributed by atoms with E-state index in [0.29, 0.717) is 11.7 Å². The number of ether oxygens (including phenoxy) is 1. The first-order valence-electron chi connectivity index (χ1n) is 12.1. The quantitative estimate of drug-likeness (QED) is 0.373. The Bertz CT molecular complexity index is 1590. The molecule has 6 rings (SSSR count). The second-order valence-electron chi connectivity index (χ2n) is 9.43. The number of halogens is 1. The Morgan fingerprint density at radius 2 is 1.62 bits per heavy atom. The highest BCUT2D eigenvalue weighted by Crippen LogP contribution is 2.33. The molecule has 2 aliphatic rings. The van der Waals surface area contributed by atoms with Gasteiger partial charge in [-0.1, -0.05) is 85.3 Å². The molecule has 0 radical (unpaired) electrons. The van der Waals surface area contributed by atoms with Crippen LogP contribution in [0.4, 0.5) is 4.39 Å². The lowest BCUT2D eigenvalue weighted by Crippen LogP contribution is -2.29. The number of hydrogen-bond donors (Lipinski definition) is 0. The molecule has 2 unspecified atom stereocenters. The van der Waals surface area contributed by atoms with E-state index in [-0.39, 0.29) is 11.9 Å². The van der Waals surface area contributed by atoms with Crippen molar-refractivity contribution in [2.45, 2.75) is 32.3 Å². The van der Waals surface area contributed by atoms with E-state index >= 15 is 0 Å². The van der Waals surface area contributed by atoms with Gasteiger partial charge in [-0.25, -0.2) is 4.39 Å². The molecular formula is C32H27FO. The predicted octanol–water partition coefficient (Wildman–Crippen LogP) is 6.00. The van der Waals surface area contributed by atoms with Crippen LogP contribution in [0.15, 0.2) is 91.0 Å². The Kier molecular flexibility index (Phi) is 5.30. The second kappa shape index (κ2) is 8.61. The molecule has 168 valence electrons. The van der Waals surface area contributed by atoms with Gasteiger partial charge >= 0.3 is 0 Å². The van der Waals surface area contributed by atoms with Gasteiger partial charge in [-0.15, -0.1) is 0 Å². The standard InChI is InChI=1S/C32H27FO/c1-21-14-15-29-27(30(21)18-22-8-3-2-4-9-22)16-17-28-26-13-6-5-10-23(26)19-31(32(28)29)34-25-12-7-11-24(33)20-25/h2-13,16-17,19-21,31H,14-15,18H2,1H3. The van der Waals surface area contributed by atoms with Crippen LogP contribution in [0.5, 0.6) is 5.75 Å². The molecule has 0 fully saturated rings. The van der Waals surface area contributed by atoms with Gasteiger partial charge in [0.1, 0.15) is 17.7 Å². The van der Waals surface area contributed by atoms with E-state index in [1.54, 1.807) is 6.07 Å². The highest BCUT2D eigenvalue weighted by atomic mass is 19.1. The summed E-state index contributed by atoms with van der Waals surface area (Å²) >= 11 is 0. The number of benzene rings is 4. The molecule has 34 heavy (non-hydrogen) atoms. The van der Waals surface area contributed by atoms with Crippen molar-refractivity contribution >= 4 is 11.6 Å². The number of hydrogen-bond acceptors (Lipinski definition) is 1. The molecule has 1 nitrogen and oxygen atoms in total. The fraction of sp³-hybridized carbons (Fsp3) is 0.188. The van der Waals surface area contributed by atoms with E-state index in [1.807, 2.05) is 6.07 Å². The summed E-state index contributed by atoms with van der Waals surface area (Å²) in [4.78, 5) is 0. The molecule has 4 aromatic rings. The van der Waals surface area contributed by atoms with Crippen molar-refractivity contribution in [3.63, 3.8) is 0 Å². The van der Waals surface area contributed by atoms with Crippen molar-refractivity contribution < 1.29 is 9.13 Å². The zero-order chi connectivity index (χ0) is 23.1. The minimum absolute atomic E-state index is 0.256. The van der Waals surface area contributed by atoms with Crippen molar-refractivity contribution in [1.29, 1.82) is 0 Å². The molecule has 0 saturated heterocycles. The van der Waals surface area contributed by atoms with Gasteiger partial charge in [0.15, 0.2) is 0 Å².